The quantitative estimate of drug-likeness (QED) is 0.423. The van der Waals surface area contributed by atoms with E-state index in [4.69, 9.17) is 16.8 Å². The SMILES string of the molecule is Cc1ccc(/C(Cl)=N\O)c(F)c1C. The summed E-state index contributed by atoms with van der Waals surface area (Å²) in [4.78, 5) is 0. The van der Waals surface area contributed by atoms with Crippen molar-refractivity contribution in [1.82, 2.24) is 0 Å². The van der Waals surface area contributed by atoms with E-state index in [1.165, 1.54) is 6.07 Å². The van der Waals surface area contributed by atoms with Gasteiger partial charge in [0.15, 0.2) is 5.17 Å². The van der Waals surface area contributed by atoms with Crippen molar-refractivity contribution in [3.05, 3.63) is 34.6 Å². The van der Waals surface area contributed by atoms with Crippen molar-refractivity contribution >= 4 is 16.8 Å². The van der Waals surface area contributed by atoms with E-state index in [9.17, 15) is 4.39 Å². The van der Waals surface area contributed by atoms with Crippen molar-refractivity contribution in [3.8, 4) is 0 Å². The van der Waals surface area contributed by atoms with Gasteiger partial charge >= 0.3 is 0 Å². The van der Waals surface area contributed by atoms with Gasteiger partial charge in [-0.1, -0.05) is 22.8 Å². The lowest BCUT2D eigenvalue weighted by Gasteiger charge is -2.05. The van der Waals surface area contributed by atoms with Crippen LogP contribution in [0.4, 0.5) is 4.39 Å². The second kappa shape index (κ2) is 3.75. The number of hydrogen-bond acceptors (Lipinski definition) is 2. The van der Waals surface area contributed by atoms with E-state index in [-0.39, 0.29) is 10.7 Å². The van der Waals surface area contributed by atoms with Gasteiger partial charge in [-0.15, -0.1) is 0 Å². The third kappa shape index (κ3) is 1.80. The lowest BCUT2D eigenvalue weighted by Crippen LogP contribution is -1.99. The minimum Gasteiger partial charge on any atom is -0.410 e. The molecule has 0 unspecified atom stereocenters. The number of aryl methyl sites for hydroxylation is 1. The molecule has 1 aromatic rings. The van der Waals surface area contributed by atoms with Crippen LogP contribution in [0.3, 0.4) is 0 Å². The van der Waals surface area contributed by atoms with E-state index in [2.05, 4.69) is 5.16 Å². The molecule has 0 aliphatic carbocycles. The third-order valence-electron chi connectivity index (χ3n) is 1.97. The molecule has 2 nitrogen and oxygen atoms in total. The van der Waals surface area contributed by atoms with E-state index in [0.717, 1.165) is 5.56 Å². The number of halogens is 2. The standard InChI is InChI=1S/C9H9ClFNO/c1-5-3-4-7(9(10)12-13)8(11)6(5)2/h3-4,13H,1-2H3/b12-9+. The first-order valence-corrected chi connectivity index (χ1v) is 4.09. The summed E-state index contributed by atoms with van der Waals surface area (Å²) < 4.78 is 13.4. The highest BCUT2D eigenvalue weighted by Crippen LogP contribution is 2.18. The Morgan fingerprint density at radius 1 is 1.46 bits per heavy atom. The van der Waals surface area contributed by atoms with Crippen LogP contribution < -0.4 is 0 Å². The average molecular weight is 202 g/mol. The Kier molecular flexibility index (Phi) is 2.88. The molecule has 1 rings (SSSR count). The molecule has 0 atom stereocenters. The molecule has 0 aliphatic rings. The Labute approximate surface area is 80.6 Å². The first-order chi connectivity index (χ1) is 6.07. The summed E-state index contributed by atoms with van der Waals surface area (Å²) >= 11 is 5.48. The Bertz CT molecular complexity index is 363. The molecule has 13 heavy (non-hydrogen) atoms. The van der Waals surface area contributed by atoms with Gasteiger partial charge in [0.25, 0.3) is 0 Å². The normalized spacial score (nSPS) is 11.8. The lowest BCUT2D eigenvalue weighted by molar-refractivity contribution is 0.320. The molecule has 1 aromatic carbocycles. The van der Waals surface area contributed by atoms with Gasteiger partial charge in [-0.3, -0.25) is 0 Å². The van der Waals surface area contributed by atoms with E-state index < -0.39 is 5.82 Å². The topological polar surface area (TPSA) is 32.6 Å². The predicted molar refractivity (Wildman–Crippen MR) is 50.1 cm³/mol. The van der Waals surface area contributed by atoms with Crippen LogP contribution in [0.15, 0.2) is 17.3 Å². The fourth-order valence-corrected chi connectivity index (χ4v) is 1.14. The number of hydrogen-bond donors (Lipinski definition) is 1. The van der Waals surface area contributed by atoms with Gasteiger partial charge in [0.05, 0.1) is 5.56 Å². The van der Waals surface area contributed by atoms with Crippen molar-refractivity contribution in [3.63, 3.8) is 0 Å². The van der Waals surface area contributed by atoms with Crippen LogP contribution >= 0.6 is 11.6 Å². The molecule has 0 saturated heterocycles. The molecule has 0 aromatic heterocycles. The van der Waals surface area contributed by atoms with Gasteiger partial charge < -0.3 is 5.21 Å². The second-order valence-electron chi connectivity index (χ2n) is 2.76. The first-order valence-electron chi connectivity index (χ1n) is 3.71. The molecule has 1 N–H and O–H groups in total. The van der Waals surface area contributed by atoms with Crippen molar-refractivity contribution in [2.24, 2.45) is 5.16 Å². The van der Waals surface area contributed by atoms with Crippen LogP contribution in [0, 0.1) is 19.7 Å². The molecule has 0 bridgehead atoms. The maximum Gasteiger partial charge on any atom is 0.178 e. The van der Waals surface area contributed by atoms with Gasteiger partial charge in [-0.25, -0.2) is 4.39 Å². The molecule has 70 valence electrons. The first kappa shape index (κ1) is 9.99. The number of nitrogens with zero attached hydrogens (tertiary/aromatic N) is 1. The van der Waals surface area contributed by atoms with E-state index >= 15 is 0 Å². The number of oxime groups is 1. The fraction of sp³-hybridized carbons (Fsp3) is 0.222. The Hall–Kier alpha value is -1.09. The highest BCUT2D eigenvalue weighted by Gasteiger charge is 2.11. The fourth-order valence-electron chi connectivity index (χ4n) is 0.995. The molecule has 0 aliphatic heterocycles. The summed E-state index contributed by atoms with van der Waals surface area (Å²) in [5.74, 6) is -0.442. The average Bonchev–Trinajstić information content (AvgIpc) is 2.13. The largest absolute Gasteiger partial charge is 0.410 e. The van der Waals surface area contributed by atoms with Crippen molar-refractivity contribution in [2.75, 3.05) is 0 Å². The van der Waals surface area contributed by atoms with Crippen LogP contribution in [0.2, 0.25) is 0 Å². The van der Waals surface area contributed by atoms with E-state index in [0.29, 0.717) is 5.56 Å². The zero-order chi connectivity index (χ0) is 10.0. The Morgan fingerprint density at radius 2 is 2.08 bits per heavy atom. The Morgan fingerprint density at radius 3 is 2.62 bits per heavy atom. The van der Waals surface area contributed by atoms with Gasteiger partial charge in [0.1, 0.15) is 5.82 Å². The molecular weight excluding hydrogens is 193 g/mol. The smallest absolute Gasteiger partial charge is 0.178 e. The van der Waals surface area contributed by atoms with Crippen LogP contribution in [0.5, 0.6) is 0 Å². The zero-order valence-corrected chi connectivity index (χ0v) is 8.06. The zero-order valence-electron chi connectivity index (χ0n) is 7.31. The highest BCUT2D eigenvalue weighted by molar-refractivity contribution is 6.69. The molecular formula is C9H9ClFNO. The molecule has 0 spiro atoms. The summed E-state index contributed by atoms with van der Waals surface area (Å²) in [6, 6.07) is 3.21. The van der Waals surface area contributed by atoms with Gasteiger partial charge in [0, 0.05) is 0 Å². The summed E-state index contributed by atoms with van der Waals surface area (Å²) in [5, 5.41) is 10.9. The summed E-state index contributed by atoms with van der Waals surface area (Å²) in [6.07, 6.45) is 0. The van der Waals surface area contributed by atoms with Crippen molar-refractivity contribution in [1.29, 1.82) is 0 Å². The van der Waals surface area contributed by atoms with Crippen LogP contribution in [-0.4, -0.2) is 10.4 Å². The summed E-state index contributed by atoms with van der Waals surface area (Å²) in [7, 11) is 0. The van der Waals surface area contributed by atoms with Gasteiger partial charge in [-0.05, 0) is 31.0 Å². The predicted octanol–water partition coefficient (Wildman–Crippen LogP) is 2.82. The minimum absolute atomic E-state index is 0.118. The number of rotatable bonds is 1. The van der Waals surface area contributed by atoms with Crippen LogP contribution in [0.25, 0.3) is 0 Å². The van der Waals surface area contributed by atoms with Crippen molar-refractivity contribution < 1.29 is 9.60 Å². The highest BCUT2D eigenvalue weighted by atomic mass is 35.5. The molecule has 4 heteroatoms. The monoisotopic (exact) mass is 201 g/mol. The Balaban J connectivity index is 3.34. The molecule has 0 fully saturated rings. The molecule has 0 radical (unpaired) electrons. The minimum atomic E-state index is -0.442. The van der Waals surface area contributed by atoms with Crippen LogP contribution in [-0.2, 0) is 0 Å². The molecule has 0 heterocycles. The van der Waals surface area contributed by atoms with Crippen molar-refractivity contribution in [2.45, 2.75) is 13.8 Å². The third-order valence-corrected chi connectivity index (χ3v) is 2.25. The molecule has 0 saturated carbocycles. The van der Waals surface area contributed by atoms with Crippen LogP contribution in [0.1, 0.15) is 16.7 Å². The maximum absolute atomic E-state index is 13.4. The van der Waals surface area contributed by atoms with Gasteiger partial charge in [0.2, 0.25) is 0 Å². The van der Waals surface area contributed by atoms with Gasteiger partial charge in [-0.2, -0.15) is 0 Å². The maximum atomic E-state index is 13.4. The lowest BCUT2D eigenvalue weighted by atomic mass is 10.1. The second-order valence-corrected chi connectivity index (χ2v) is 3.12. The molecule has 0 amide bonds. The summed E-state index contributed by atoms with van der Waals surface area (Å²) in [6.45, 7) is 3.45. The van der Waals surface area contributed by atoms with E-state index in [1.54, 1.807) is 19.9 Å². The van der Waals surface area contributed by atoms with E-state index in [1.807, 2.05) is 0 Å². The summed E-state index contributed by atoms with van der Waals surface area (Å²) in [5.41, 5.74) is 1.47. The number of benzene rings is 1.